The highest BCUT2D eigenvalue weighted by Gasteiger charge is 2.11. The second kappa shape index (κ2) is 10.3. The van der Waals surface area contributed by atoms with Crippen LogP contribution >= 0.6 is 0 Å². The van der Waals surface area contributed by atoms with Crippen molar-refractivity contribution in [2.24, 2.45) is 0 Å². The predicted octanol–water partition coefficient (Wildman–Crippen LogP) is 3.55. The molecule has 3 rings (SSSR count). The molecule has 1 atom stereocenters. The van der Waals surface area contributed by atoms with E-state index in [0.29, 0.717) is 34.8 Å². The van der Waals surface area contributed by atoms with Gasteiger partial charge in [0.25, 0.3) is 5.91 Å². The number of benzene rings is 2. The largest absolute Gasteiger partial charge is 0.493 e. The molecule has 0 radical (unpaired) electrons. The van der Waals surface area contributed by atoms with E-state index in [0.717, 1.165) is 5.39 Å². The van der Waals surface area contributed by atoms with E-state index in [2.05, 4.69) is 5.32 Å². The van der Waals surface area contributed by atoms with E-state index in [1.54, 1.807) is 30.8 Å². The van der Waals surface area contributed by atoms with Gasteiger partial charge in [-0.2, -0.15) is 0 Å². The Kier molecular flexibility index (Phi) is 7.29. The van der Waals surface area contributed by atoms with Crippen LogP contribution in [-0.2, 0) is 4.79 Å². The van der Waals surface area contributed by atoms with Gasteiger partial charge in [-0.05, 0) is 48.9 Å². The first-order valence-electron chi connectivity index (χ1n) is 9.76. The summed E-state index contributed by atoms with van der Waals surface area (Å²) in [6, 6.07) is 13.5. The van der Waals surface area contributed by atoms with Crippen LogP contribution in [0.15, 0.2) is 59.0 Å². The Hall–Kier alpha value is -3.78. The third kappa shape index (κ3) is 5.64. The van der Waals surface area contributed by atoms with Crippen LogP contribution in [0, 0.1) is 0 Å². The first kappa shape index (κ1) is 21.9. The summed E-state index contributed by atoms with van der Waals surface area (Å²) in [7, 11) is 1.58. The molecular formula is C23H24N2O6. The zero-order valence-electron chi connectivity index (χ0n) is 17.3. The zero-order valence-corrected chi connectivity index (χ0v) is 17.3. The average molecular weight is 424 g/mol. The summed E-state index contributed by atoms with van der Waals surface area (Å²) < 4.78 is 16.7. The number of para-hydroxylation sites is 1. The van der Waals surface area contributed by atoms with Gasteiger partial charge >= 0.3 is 0 Å². The molecule has 0 saturated carbocycles. The van der Waals surface area contributed by atoms with Crippen LogP contribution < -0.4 is 20.3 Å². The summed E-state index contributed by atoms with van der Waals surface area (Å²) in [4.78, 5) is 23.6. The highest BCUT2D eigenvalue weighted by atomic mass is 16.5. The van der Waals surface area contributed by atoms with Crippen LogP contribution in [0.25, 0.3) is 17.0 Å². The second-order valence-electron chi connectivity index (χ2n) is 6.75. The fraction of sp³-hybridized carbons (Fsp3) is 0.217. The van der Waals surface area contributed by atoms with Crippen LogP contribution in [0.1, 0.15) is 29.5 Å². The third-order valence-electron chi connectivity index (χ3n) is 4.65. The van der Waals surface area contributed by atoms with E-state index >= 15 is 0 Å². The Morgan fingerprint density at radius 2 is 1.97 bits per heavy atom. The molecule has 31 heavy (non-hydrogen) atoms. The number of rotatable bonds is 9. The Balaban J connectivity index is 1.55. The minimum absolute atomic E-state index is 0.201. The van der Waals surface area contributed by atoms with Crippen molar-refractivity contribution in [3.63, 3.8) is 0 Å². The first-order valence-corrected chi connectivity index (χ1v) is 9.76. The monoisotopic (exact) mass is 424 g/mol. The lowest BCUT2D eigenvalue weighted by Gasteiger charge is -2.17. The number of hydroxylamine groups is 1. The summed E-state index contributed by atoms with van der Waals surface area (Å²) in [5.41, 5.74) is 2.51. The van der Waals surface area contributed by atoms with Crippen molar-refractivity contribution in [2.75, 3.05) is 13.7 Å². The van der Waals surface area contributed by atoms with E-state index in [9.17, 15) is 9.59 Å². The Labute approximate surface area is 179 Å². The van der Waals surface area contributed by atoms with Crippen molar-refractivity contribution in [3.05, 3.63) is 65.9 Å². The molecule has 0 saturated heterocycles. The van der Waals surface area contributed by atoms with Gasteiger partial charge in [-0.25, -0.2) is 5.48 Å². The molecule has 1 aromatic heterocycles. The van der Waals surface area contributed by atoms with Crippen molar-refractivity contribution in [1.29, 1.82) is 0 Å². The lowest BCUT2D eigenvalue weighted by atomic mass is 10.2. The fourth-order valence-electron chi connectivity index (χ4n) is 2.93. The number of hydrogen-bond donors (Lipinski definition) is 3. The maximum atomic E-state index is 12.3. The average Bonchev–Trinajstić information content (AvgIpc) is 3.23. The van der Waals surface area contributed by atoms with Gasteiger partial charge in [0.1, 0.15) is 18.1 Å². The summed E-state index contributed by atoms with van der Waals surface area (Å²) in [5.74, 6) is 0.868. The van der Waals surface area contributed by atoms with Gasteiger partial charge in [0.2, 0.25) is 5.91 Å². The van der Waals surface area contributed by atoms with E-state index in [1.807, 2.05) is 31.2 Å². The molecule has 0 spiro atoms. The van der Waals surface area contributed by atoms with E-state index in [-0.39, 0.29) is 18.6 Å². The van der Waals surface area contributed by atoms with Crippen LogP contribution in [0.2, 0.25) is 0 Å². The second-order valence-corrected chi connectivity index (χ2v) is 6.75. The summed E-state index contributed by atoms with van der Waals surface area (Å²) in [6.45, 7) is 2.21. The highest BCUT2D eigenvalue weighted by molar-refractivity contribution is 5.93. The molecule has 3 N–H and O–H groups in total. The number of hydrogen-bond acceptors (Lipinski definition) is 6. The van der Waals surface area contributed by atoms with Crippen molar-refractivity contribution in [3.8, 4) is 11.5 Å². The zero-order chi connectivity index (χ0) is 22.2. The van der Waals surface area contributed by atoms with Crippen molar-refractivity contribution >= 4 is 28.9 Å². The molecule has 3 aromatic rings. The third-order valence-corrected chi connectivity index (χ3v) is 4.65. The topological polar surface area (TPSA) is 110 Å². The SMILES string of the molecule is CCC(COc1ccc(C(=O)NO)cc1)NC(=O)/C=C/c1cc2cccc(OC)c2o1. The molecule has 0 aliphatic heterocycles. The minimum Gasteiger partial charge on any atom is -0.493 e. The summed E-state index contributed by atoms with van der Waals surface area (Å²) >= 11 is 0. The number of carbonyl (C=O) groups is 2. The molecule has 0 bridgehead atoms. The number of amides is 2. The number of furan rings is 1. The summed E-state index contributed by atoms with van der Waals surface area (Å²) in [5, 5.41) is 12.4. The predicted molar refractivity (Wildman–Crippen MR) is 115 cm³/mol. The fourth-order valence-corrected chi connectivity index (χ4v) is 2.93. The van der Waals surface area contributed by atoms with Gasteiger partial charge in [0.05, 0.1) is 13.2 Å². The first-order chi connectivity index (χ1) is 15.0. The molecule has 162 valence electrons. The maximum absolute atomic E-state index is 12.3. The van der Waals surface area contributed by atoms with Gasteiger partial charge in [-0.1, -0.05) is 19.1 Å². The van der Waals surface area contributed by atoms with Crippen LogP contribution in [-0.4, -0.2) is 36.8 Å². The van der Waals surface area contributed by atoms with E-state index in [1.165, 1.54) is 18.2 Å². The van der Waals surface area contributed by atoms with Gasteiger partial charge in [-0.15, -0.1) is 0 Å². The number of carbonyl (C=O) groups excluding carboxylic acids is 2. The van der Waals surface area contributed by atoms with Gasteiger partial charge in [0, 0.05) is 17.0 Å². The number of nitrogens with one attached hydrogen (secondary N) is 2. The molecule has 1 heterocycles. The molecule has 2 amide bonds. The smallest absolute Gasteiger partial charge is 0.274 e. The van der Waals surface area contributed by atoms with Gasteiger partial charge in [-0.3, -0.25) is 14.8 Å². The summed E-state index contributed by atoms with van der Waals surface area (Å²) in [6.07, 6.45) is 3.69. The number of ether oxygens (including phenoxy) is 2. The van der Waals surface area contributed by atoms with Gasteiger partial charge in [0.15, 0.2) is 11.3 Å². The quantitative estimate of drug-likeness (QED) is 0.275. The lowest BCUT2D eigenvalue weighted by molar-refractivity contribution is -0.117. The van der Waals surface area contributed by atoms with Crippen molar-refractivity contribution < 1.29 is 28.7 Å². The number of fused-ring (bicyclic) bond motifs is 1. The van der Waals surface area contributed by atoms with E-state index in [4.69, 9.17) is 19.1 Å². The Bertz CT molecular complexity index is 1070. The Morgan fingerprint density at radius 1 is 1.19 bits per heavy atom. The maximum Gasteiger partial charge on any atom is 0.274 e. The molecule has 8 nitrogen and oxygen atoms in total. The van der Waals surface area contributed by atoms with Crippen molar-refractivity contribution in [1.82, 2.24) is 10.8 Å². The molecule has 0 fully saturated rings. The minimum atomic E-state index is -0.597. The highest BCUT2D eigenvalue weighted by Crippen LogP contribution is 2.28. The molecule has 0 aliphatic carbocycles. The standard InChI is InChI=1S/C23H24N2O6/c1-3-17(14-30-18-9-7-15(8-10-18)23(27)25-28)24-21(26)12-11-19-13-16-5-4-6-20(29-2)22(16)31-19/h4-13,17,28H,3,14H2,1-2H3,(H,24,26)(H,25,27)/b12-11+. The number of methoxy groups -OCH3 is 1. The lowest BCUT2D eigenvalue weighted by Crippen LogP contribution is -2.37. The normalized spacial score (nSPS) is 12.0. The van der Waals surface area contributed by atoms with E-state index < -0.39 is 5.91 Å². The molecular weight excluding hydrogens is 400 g/mol. The molecule has 2 aromatic carbocycles. The van der Waals surface area contributed by atoms with Crippen LogP contribution in [0.5, 0.6) is 11.5 Å². The molecule has 8 heteroatoms. The van der Waals surface area contributed by atoms with Crippen molar-refractivity contribution in [2.45, 2.75) is 19.4 Å². The molecule has 0 aliphatic rings. The van der Waals surface area contributed by atoms with Crippen LogP contribution in [0.4, 0.5) is 0 Å². The van der Waals surface area contributed by atoms with Gasteiger partial charge < -0.3 is 19.2 Å². The Morgan fingerprint density at radius 3 is 2.65 bits per heavy atom. The van der Waals surface area contributed by atoms with Crippen LogP contribution in [0.3, 0.4) is 0 Å². The molecule has 1 unspecified atom stereocenters.